The van der Waals surface area contributed by atoms with E-state index in [4.69, 9.17) is 28.8 Å². The zero-order chi connectivity index (χ0) is 37.0. The highest BCUT2D eigenvalue weighted by Gasteiger charge is 2.19. The van der Waals surface area contributed by atoms with Crippen molar-refractivity contribution < 1.29 is 8.83 Å². The first kappa shape index (κ1) is 31.8. The molecule has 0 aliphatic heterocycles. The van der Waals surface area contributed by atoms with Crippen molar-refractivity contribution in [3.8, 4) is 67.9 Å². The Labute approximate surface area is 321 Å². The summed E-state index contributed by atoms with van der Waals surface area (Å²) in [6.07, 6.45) is 0. The van der Waals surface area contributed by atoms with Gasteiger partial charge in [0.25, 0.3) is 0 Å². The SMILES string of the molecule is c1ccc(-c2cccc(-c3nc(-c4ccccc4)nc(-c4cccc5cc(-c6cccc7oc8cc9oc(-c%10ccccc%10)nc9cc8c67)ccc45)n3)c2)cc1. The van der Waals surface area contributed by atoms with Crippen LogP contribution < -0.4 is 0 Å². The van der Waals surface area contributed by atoms with Gasteiger partial charge in [-0.2, -0.15) is 0 Å². The second-order valence-corrected chi connectivity index (χ2v) is 13.8. The Kier molecular flexibility index (Phi) is 7.38. The summed E-state index contributed by atoms with van der Waals surface area (Å²) in [6, 6.07) is 61.9. The number of aromatic nitrogens is 4. The molecule has 0 amide bonds. The molecule has 6 nitrogen and oxygen atoms in total. The first-order chi connectivity index (χ1) is 27.7. The van der Waals surface area contributed by atoms with E-state index in [9.17, 15) is 0 Å². The Morgan fingerprint density at radius 1 is 0.321 bits per heavy atom. The molecule has 0 spiro atoms. The van der Waals surface area contributed by atoms with Crippen LogP contribution in [0.5, 0.6) is 0 Å². The van der Waals surface area contributed by atoms with Gasteiger partial charge in [0.2, 0.25) is 5.89 Å². The molecule has 0 atom stereocenters. The Hall–Kier alpha value is -7.70. The maximum Gasteiger partial charge on any atom is 0.227 e. The lowest BCUT2D eigenvalue weighted by molar-refractivity contribution is 0.617. The zero-order valence-corrected chi connectivity index (χ0v) is 29.9. The van der Waals surface area contributed by atoms with Gasteiger partial charge >= 0.3 is 0 Å². The van der Waals surface area contributed by atoms with Crippen molar-refractivity contribution >= 4 is 43.8 Å². The molecule has 56 heavy (non-hydrogen) atoms. The van der Waals surface area contributed by atoms with Gasteiger partial charge in [-0.3, -0.25) is 0 Å². The van der Waals surface area contributed by atoms with Crippen LogP contribution >= 0.6 is 0 Å². The zero-order valence-electron chi connectivity index (χ0n) is 29.9. The normalized spacial score (nSPS) is 11.6. The number of oxazole rings is 1. The molecule has 0 saturated carbocycles. The van der Waals surface area contributed by atoms with Gasteiger partial charge in [0, 0.05) is 39.1 Å². The van der Waals surface area contributed by atoms with Crippen LogP contribution in [-0.2, 0) is 0 Å². The number of furan rings is 1. The van der Waals surface area contributed by atoms with Crippen LogP contribution in [0.25, 0.3) is 112 Å². The molecule has 11 aromatic rings. The summed E-state index contributed by atoms with van der Waals surface area (Å²) in [5.41, 5.74) is 11.2. The van der Waals surface area contributed by atoms with Crippen LogP contribution in [0, 0.1) is 0 Å². The molecule has 0 unspecified atom stereocenters. The second kappa shape index (κ2) is 13.0. The molecule has 0 aliphatic carbocycles. The van der Waals surface area contributed by atoms with Crippen molar-refractivity contribution in [3.63, 3.8) is 0 Å². The van der Waals surface area contributed by atoms with Gasteiger partial charge in [-0.1, -0.05) is 140 Å². The number of nitrogens with zero attached hydrogens (tertiary/aromatic N) is 4. The highest BCUT2D eigenvalue weighted by molar-refractivity contribution is 6.15. The van der Waals surface area contributed by atoms with Crippen LogP contribution in [0.3, 0.4) is 0 Å². The highest BCUT2D eigenvalue weighted by atomic mass is 16.4. The van der Waals surface area contributed by atoms with Crippen LogP contribution in [-0.4, -0.2) is 19.9 Å². The number of hydrogen-bond donors (Lipinski definition) is 0. The van der Waals surface area contributed by atoms with Gasteiger partial charge in [-0.25, -0.2) is 19.9 Å². The average molecular weight is 719 g/mol. The first-order valence-corrected chi connectivity index (χ1v) is 18.5. The number of rotatable bonds is 6. The van der Waals surface area contributed by atoms with Crippen molar-refractivity contribution in [3.05, 3.63) is 182 Å². The summed E-state index contributed by atoms with van der Waals surface area (Å²) in [4.78, 5) is 20.1. The summed E-state index contributed by atoms with van der Waals surface area (Å²) in [5.74, 6) is 2.45. The molecule has 3 heterocycles. The largest absolute Gasteiger partial charge is 0.456 e. The van der Waals surface area contributed by atoms with Gasteiger partial charge in [0.1, 0.15) is 16.7 Å². The van der Waals surface area contributed by atoms with Crippen molar-refractivity contribution in [2.45, 2.75) is 0 Å². The Bertz CT molecular complexity index is 3240. The quantitative estimate of drug-likeness (QED) is 0.170. The molecular formula is C50H30N4O2. The van der Waals surface area contributed by atoms with Crippen molar-refractivity contribution in [1.29, 1.82) is 0 Å². The molecule has 8 aromatic carbocycles. The minimum Gasteiger partial charge on any atom is -0.456 e. The van der Waals surface area contributed by atoms with E-state index in [1.807, 2.05) is 84.9 Å². The van der Waals surface area contributed by atoms with Crippen LogP contribution in [0.2, 0.25) is 0 Å². The van der Waals surface area contributed by atoms with Crippen LogP contribution in [0.1, 0.15) is 0 Å². The van der Waals surface area contributed by atoms with Crippen molar-refractivity contribution in [2.24, 2.45) is 0 Å². The molecule has 262 valence electrons. The van der Waals surface area contributed by atoms with E-state index in [1.54, 1.807) is 0 Å². The van der Waals surface area contributed by atoms with E-state index in [1.165, 1.54) is 0 Å². The van der Waals surface area contributed by atoms with Crippen LogP contribution in [0.15, 0.2) is 191 Å². The molecule has 6 heteroatoms. The van der Waals surface area contributed by atoms with Gasteiger partial charge in [0.15, 0.2) is 23.1 Å². The minimum atomic E-state index is 0.588. The lowest BCUT2D eigenvalue weighted by Crippen LogP contribution is -2.00. The maximum absolute atomic E-state index is 6.42. The number of hydrogen-bond acceptors (Lipinski definition) is 6. The monoisotopic (exact) mass is 718 g/mol. The number of fused-ring (bicyclic) bond motifs is 5. The van der Waals surface area contributed by atoms with Gasteiger partial charge in [-0.05, 0) is 69.4 Å². The Morgan fingerprint density at radius 2 is 0.964 bits per heavy atom. The predicted molar refractivity (Wildman–Crippen MR) is 225 cm³/mol. The summed E-state index contributed by atoms with van der Waals surface area (Å²) in [5, 5.41) is 4.15. The van der Waals surface area contributed by atoms with Crippen molar-refractivity contribution in [1.82, 2.24) is 19.9 Å². The van der Waals surface area contributed by atoms with Gasteiger partial charge < -0.3 is 8.83 Å². The van der Waals surface area contributed by atoms with E-state index in [0.29, 0.717) is 28.9 Å². The number of benzene rings is 8. The molecular weight excluding hydrogens is 689 g/mol. The fourth-order valence-electron chi connectivity index (χ4n) is 7.65. The molecule has 0 fully saturated rings. The lowest BCUT2D eigenvalue weighted by atomic mass is 9.95. The third-order valence-corrected chi connectivity index (χ3v) is 10.4. The second-order valence-electron chi connectivity index (χ2n) is 13.8. The lowest BCUT2D eigenvalue weighted by Gasteiger charge is -2.12. The van der Waals surface area contributed by atoms with Crippen LogP contribution in [0.4, 0.5) is 0 Å². The molecule has 3 aromatic heterocycles. The first-order valence-electron chi connectivity index (χ1n) is 18.5. The van der Waals surface area contributed by atoms with Crippen molar-refractivity contribution in [2.75, 3.05) is 0 Å². The van der Waals surface area contributed by atoms with Gasteiger partial charge in [0.05, 0.1) is 0 Å². The van der Waals surface area contributed by atoms with E-state index >= 15 is 0 Å². The van der Waals surface area contributed by atoms with E-state index in [-0.39, 0.29) is 0 Å². The third-order valence-electron chi connectivity index (χ3n) is 10.4. The van der Waals surface area contributed by atoms with E-state index in [0.717, 1.165) is 82.7 Å². The van der Waals surface area contributed by atoms with E-state index in [2.05, 4.69) is 97.1 Å². The summed E-state index contributed by atoms with van der Waals surface area (Å²) in [6.45, 7) is 0. The fraction of sp³-hybridized carbons (Fsp3) is 0. The average Bonchev–Trinajstić information content (AvgIpc) is 3.86. The third kappa shape index (κ3) is 5.51. The Morgan fingerprint density at radius 3 is 1.77 bits per heavy atom. The maximum atomic E-state index is 6.42. The summed E-state index contributed by atoms with van der Waals surface area (Å²) >= 11 is 0. The molecule has 0 radical (unpaired) electrons. The predicted octanol–water partition coefficient (Wildman–Crippen LogP) is 13.1. The minimum absolute atomic E-state index is 0.588. The van der Waals surface area contributed by atoms with Gasteiger partial charge in [-0.15, -0.1) is 0 Å². The smallest absolute Gasteiger partial charge is 0.227 e. The summed E-state index contributed by atoms with van der Waals surface area (Å²) in [7, 11) is 0. The Balaban J connectivity index is 1.03. The summed E-state index contributed by atoms with van der Waals surface area (Å²) < 4.78 is 12.6. The molecule has 0 N–H and O–H groups in total. The topological polar surface area (TPSA) is 77.8 Å². The molecule has 11 rings (SSSR count). The highest BCUT2D eigenvalue weighted by Crippen LogP contribution is 2.41. The molecule has 0 aliphatic rings. The van der Waals surface area contributed by atoms with E-state index < -0.39 is 0 Å². The standard InChI is InChI=1S/C50H30N4O2/c1-4-13-31(14-5-1)34-19-10-21-37(27-34)48-52-47(32-15-6-2-7-16-32)53-49(54-48)40-23-11-20-35-28-36(25-26-38(35)40)39-22-12-24-43-46(39)41-29-42-45(30-44(41)55-43)56-50(51-42)33-17-8-3-9-18-33/h1-30H. The molecule has 0 bridgehead atoms. The fourth-order valence-corrected chi connectivity index (χ4v) is 7.65. The molecule has 0 saturated heterocycles.